The number of nitrogens with zero attached hydrogens (tertiary/aromatic N) is 3. The van der Waals surface area contributed by atoms with Crippen LogP contribution in [0.3, 0.4) is 0 Å². The van der Waals surface area contributed by atoms with Gasteiger partial charge in [0.15, 0.2) is 5.78 Å². The molecule has 0 amide bonds. The van der Waals surface area contributed by atoms with Crippen molar-refractivity contribution in [2.24, 2.45) is 4.99 Å². The van der Waals surface area contributed by atoms with Crippen molar-refractivity contribution in [2.45, 2.75) is 56.2 Å². The van der Waals surface area contributed by atoms with Gasteiger partial charge < -0.3 is 15.0 Å². The number of Topliss-reactive ketones (excluding diaryl/α,β-unsaturated/α-hetero) is 1. The quantitative estimate of drug-likeness (QED) is 0.841. The van der Waals surface area contributed by atoms with E-state index in [0.717, 1.165) is 18.7 Å². The topological polar surface area (TPSA) is 66.8 Å². The SMILES string of the molecule is O=C1CN=CC(N2CC[C@@H](Oc3cc(C4CC5CCC(C4)N5)ccn3)C2)=C1Cl. The number of nitrogens with one attached hydrogen (secondary N) is 1. The van der Waals surface area contributed by atoms with Crippen molar-refractivity contribution in [3.8, 4) is 5.88 Å². The zero-order valence-corrected chi connectivity index (χ0v) is 16.6. The number of halogens is 1. The van der Waals surface area contributed by atoms with Crippen LogP contribution in [-0.2, 0) is 4.79 Å². The van der Waals surface area contributed by atoms with E-state index < -0.39 is 0 Å². The highest BCUT2D eigenvalue weighted by Gasteiger charge is 2.34. The van der Waals surface area contributed by atoms with E-state index in [9.17, 15) is 4.79 Å². The van der Waals surface area contributed by atoms with Gasteiger partial charge >= 0.3 is 0 Å². The van der Waals surface area contributed by atoms with Crippen LogP contribution >= 0.6 is 11.6 Å². The highest BCUT2D eigenvalue weighted by atomic mass is 35.5. The van der Waals surface area contributed by atoms with Crippen LogP contribution in [0.25, 0.3) is 0 Å². The molecule has 0 aromatic carbocycles. The first-order chi connectivity index (χ1) is 13.7. The molecule has 4 aliphatic heterocycles. The molecule has 28 heavy (non-hydrogen) atoms. The lowest BCUT2D eigenvalue weighted by Crippen LogP contribution is -2.37. The summed E-state index contributed by atoms with van der Waals surface area (Å²) in [5, 5.41) is 3.99. The number of hydrogen-bond acceptors (Lipinski definition) is 6. The fraction of sp³-hybridized carbons (Fsp3) is 0.571. The summed E-state index contributed by atoms with van der Waals surface area (Å²) < 4.78 is 6.20. The van der Waals surface area contributed by atoms with Crippen molar-refractivity contribution >= 4 is 23.6 Å². The molecule has 148 valence electrons. The Hall–Kier alpha value is -1.92. The summed E-state index contributed by atoms with van der Waals surface area (Å²) in [7, 11) is 0. The summed E-state index contributed by atoms with van der Waals surface area (Å²) in [4.78, 5) is 22.4. The summed E-state index contributed by atoms with van der Waals surface area (Å²) in [6.07, 6.45) is 9.50. The van der Waals surface area contributed by atoms with Gasteiger partial charge in [0.1, 0.15) is 17.7 Å². The number of dihydropyridines is 1. The van der Waals surface area contributed by atoms with Gasteiger partial charge in [-0.3, -0.25) is 9.79 Å². The lowest BCUT2D eigenvalue weighted by molar-refractivity contribution is -0.113. The van der Waals surface area contributed by atoms with E-state index in [-0.39, 0.29) is 23.5 Å². The minimum Gasteiger partial charge on any atom is -0.472 e. The molecule has 2 unspecified atom stereocenters. The average Bonchev–Trinajstić information content (AvgIpc) is 3.30. The molecule has 3 saturated heterocycles. The summed E-state index contributed by atoms with van der Waals surface area (Å²) >= 11 is 6.20. The van der Waals surface area contributed by atoms with Crippen molar-refractivity contribution in [1.29, 1.82) is 0 Å². The largest absolute Gasteiger partial charge is 0.472 e. The Morgan fingerprint density at radius 1 is 1.21 bits per heavy atom. The van der Waals surface area contributed by atoms with Gasteiger partial charge in [0.25, 0.3) is 0 Å². The summed E-state index contributed by atoms with van der Waals surface area (Å²) in [6, 6.07) is 5.60. The van der Waals surface area contributed by atoms with Crippen molar-refractivity contribution in [1.82, 2.24) is 15.2 Å². The second-order valence-corrected chi connectivity index (χ2v) is 8.68. The lowest BCUT2D eigenvalue weighted by Gasteiger charge is -2.29. The molecule has 1 aromatic heterocycles. The lowest BCUT2D eigenvalue weighted by atomic mass is 9.87. The van der Waals surface area contributed by atoms with Gasteiger partial charge in [0.2, 0.25) is 5.88 Å². The van der Waals surface area contributed by atoms with Gasteiger partial charge in [-0.1, -0.05) is 11.6 Å². The smallest absolute Gasteiger partial charge is 0.213 e. The number of carbonyl (C=O) groups is 1. The fourth-order valence-electron chi connectivity index (χ4n) is 4.99. The number of ketones is 1. The molecule has 0 radical (unpaired) electrons. The molecule has 0 aliphatic carbocycles. The van der Waals surface area contributed by atoms with Crippen LogP contribution in [0.5, 0.6) is 5.88 Å². The molecule has 2 bridgehead atoms. The molecule has 0 saturated carbocycles. The van der Waals surface area contributed by atoms with Crippen LogP contribution in [0.15, 0.2) is 34.1 Å². The monoisotopic (exact) mass is 400 g/mol. The van der Waals surface area contributed by atoms with Gasteiger partial charge in [0.05, 0.1) is 12.2 Å². The summed E-state index contributed by atoms with van der Waals surface area (Å²) in [5.41, 5.74) is 2.06. The minimum absolute atomic E-state index is 0.0364. The molecule has 1 N–H and O–H groups in total. The predicted octanol–water partition coefficient (Wildman–Crippen LogP) is 2.64. The number of hydrogen-bond donors (Lipinski definition) is 1. The maximum Gasteiger partial charge on any atom is 0.213 e. The van der Waals surface area contributed by atoms with Gasteiger partial charge in [-0.25, -0.2) is 4.98 Å². The van der Waals surface area contributed by atoms with Crippen molar-refractivity contribution in [2.75, 3.05) is 19.6 Å². The molecule has 7 heteroatoms. The van der Waals surface area contributed by atoms with Crippen LogP contribution in [0.1, 0.15) is 43.6 Å². The summed E-state index contributed by atoms with van der Waals surface area (Å²) in [6.45, 7) is 1.63. The van der Waals surface area contributed by atoms with E-state index >= 15 is 0 Å². The molecular weight excluding hydrogens is 376 g/mol. The number of fused-ring (bicyclic) bond motifs is 2. The Morgan fingerprint density at radius 3 is 2.86 bits per heavy atom. The number of aliphatic imine (C=N–C) groups is 1. The number of aromatic nitrogens is 1. The Balaban J connectivity index is 1.24. The number of ether oxygens (including phenoxy) is 1. The van der Waals surface area contributed by atoms with Crippen molar-refractivity contribution in [3.63, 3.8) is 0 Å². The minimum atomic E-state index is -0.117. The third-order valence-corrected chi connectivity index (χ3v) is 6.80. The average molecular weight is 401 g/mol. The van der Waals surface area contributed by atoms with E-state index in [1.54, 1.807) is 6.21 Å². The number of likely N-dealkylation sites (tertiary alicyclic amines) is 1. The molecule has 4 aliphatic rings. The predicted molar refractivity (Wildman–Crippen MR) is 108 cm³/mol. The zero-order chi connectivity index (χ0) is 19.1. The Labute approximate surface area is 170 Å². The van der Waals surface area contributed by atoms with Crippen molar-refractivity contribution in [3.05, 3.63) is 34.6 Å². The van der Waals surface area contributed by atoms with E-state index in [2.05, 4.69) is 32.3 Å². The number of carbonyl (C=O) groups excluding carboxylic acids is 1. The van der Waals surface area contributed by atoms with Crippen LogP contribution in [0.2, 0.25) is 0 Å². The number of allylic oxidation sites excluding steroid dienone is 1. The first-order valence-corrected chi connectivity index (χ1v) is 10.6. The van der Waals surface area contributed by atoms with Crippen LogP contribution < -0.4 is 10.1 Å². The Morgan fingerprint density at radius 2 is 2.04 bits per heavy atom. The molecule has 3 atom stereocenters. The van der Waals surface area contributed by atoms with Gasteiger partial charge in [-0.05, 0) is 43.2 Å². The summed E-state index contributed by atoms with van der Waals surface area (Å²) in [5.74, 6) is 1.18. The normalized spacial score (nSPS) is 32.3. The zero-order valence-electron chi connectivity index (χ0n) is 15.8. The number of pyridine rings is 1. The first-order valence-electron chi connectivity index (χ1n) is 10.2. The maximum atomic E-state index is 11.8. The third-order valence-electron chi connectivity index (χ3n) is 6.39. The van der Waals surface area contributed by atoms with Crippen molar-refractivity contribution < 1.29 is 9.53 Å². The standard InChI is InChI=1S/C21H25ClN4O2/c22-21-18(10-23-11-19(21)27)26-6-4-17(12-26)28-20-9-13(3-5-24-20)14-7-15-1-2-16(8-14)25-15/h3,5,9-10,14-17,25H,1-2,4,6-8,11-12H2/t14?,15?,16?,17-/m1/s1. The van der Waals surface area contributed by atoms with Gasteiger partial charge in [0, 0.05) is 43.5 Å². The first kappa shape index (κ1) is 18.1. The molecule has 3 fully saturated rings. The molecule has 5 heterocycles. The van der Waals surface area contributed by atoms with E-state index in [4.69, 9.17) is 16.3 Å². The van der Waals surface area contributed by atoms with Crippen LogP contribution in [0, 0.1) is 0 Å². The highest BCUT2D eigenvalue weighted by molar-refractivity contribution is 6.44. The van der Waals surface area contributed by atoms with Gasteiger partial charge in [-0.15, -0.1) is 0 Å². The Bertz CT molecular complexity index is 827. The second kappa shape index (κ2) is 7.48. The molecule has 6 nitrogen and oxygen atoms in total. The van der Waals surface area contributed by atoms with E-state index in [1.807, 2.05) is 6.20 Å². The van der Waals surface area contributed by atoms with Gasteiger partial charge in [-0.2, -0.15) is 0 Å². The molecule has 1 aromatic rings. The van der Waals surface area contributed by atoms with Crippen LogP contribution in [-0.4, -0.2) is 59.7 Å². The van der Waals surface area contributed by atoms with E-state index in [1.165, 1.54) is 31.2 Å². The van der Waals surface area contributed by atoms with Crippen LogP contribution in [0.4, 0.5) is 0 Å². The van der Waals surface area contributed by atoms with E-state index in [0.29, 0.717) is 30.4 Å². The second-order valence-electron chi connectivity index (χ2n) is 8.30. The number of rotatable bonds is 4. The molecule has 0 spiro atoms. The molecular formula is C21H25ClN4O2. The Kier molecular flexibility index (Phi) is 4.85. The maximum absolute atomic E-state index is 11.8. The fourth-order valence-corrected chi connectivity index (χ4v) is 5.22. The molecule has 5 rings (SSSR count). The highest BCUT2D eigenvalue weighted by Crippen LogP contribution is 2.37. The third kappa shape index (κ3) is 3.55. The number of piperidine rings is 1.